The van der Waals surface area contributed by atoms with E-state index in [4.69, 9.17) is 68.6 Å². The number of unbranched alkanes of at least 4 members (excludes halogenated alkanes) is 9. The summed E-state index contributed by atoms with van der Waals surface area (Å²) < 4.78 is 31.6. The predicted molar refractivity (Wildman–Crippen MR) is 138 cm³/mol. The second kappa shape index (κ2) is 41.9. The second-order valence-electron chi connectivity index (χ2n) is 7.59. The predicted octanol–water partition coefficient (Wildman–Crippen LogP) is -4.55. The molecule has 0 saturated heterocycles. The number of rotatable bonds is 16. The molecule has 0 bridgehead atoms. The Morgan fingerprint density at radius 2 is 0.895 bits per heavy atom. The van der Waals surface area contributed by atoms with Crippen LogP contribution in [0, 0.1) is 6.92 Å². The van der Waals surface area contributed by atoms with Gasteiger partial charge in [-0.15, -0.1) is 0 Å². The van der Waals surface area contributed by atoms with E-state index in [1.807, 2.05) is 0 Å². The fourth-order valence-corrected chi connectivity index (χ4v) is 2.02. The Labute approximate surface area is 249 Å². The van der Waals surface area contributed by atoms with Crippen LogP contribution in [-0.2, 0) is 10.4 Å². The molecule has 14 nitrogen and oxygen atoms in total. The topological polar surface area (TPSA) is 277 Å². The standard InChI is InChI=1S/C12H25.C5H12O5.C3H8O3.C2H6O2.Na.H2O4S/c1-3-5-7-9-11-12-10-8-6-4-2;6-1-3(8)5(10)4(9)2-7;4-1-3(6)2-5;3-1-2-4;;1-5(2,3)4/h1,3-12H2,2H3;3-10H,1-2H2;3-6H,1-2H2;3-4H,1-2H2;;(H2,1,2,3,4)/q-1;;;;+1;. The molecule has 0 amide bonds. The van der Waals surface area contributed by atoms with Crippen LogP contribution >= 0.6 is 0 Å². The summed E-state index contributed by atoms with van der Waals surface area (Å²) in [5.41, 5.74) is 0. The van der Waals surface area contributed by atoms with Crippen LogP contribution in [0.25, 0.3) is 0 Å². The van der Waals surface area contributed by atoms with Gasteiger partial charge in [-0.1, -0.05) is 64.7 Å². The Balaban J connectivity index is -0.0000000888. The minimum absolute atomic E-state index is 0. The maximum absolute atomic E-state index is 8.77. The summed E-state index contributed by atoms with van der Waals surface area (Å²) in [5, 5.41) is 81.8. The first-order valence-electron chi connectivity index (χ1n) is 12.1. The Hall–Kier alpha value is 0.470. The van der Waals surface area contributed by atoms with Gasteiger partial charge in [-0.2, -0.15) is 14.8 Å². The molecule has 0 aliphatic carbocycles. The third-order valence-corrected chi connectivity index (χ3v) is 4.04. The first-order chi connectivity index (χ1) is 17.3. The van der Waals surface area contributed by atoms with Crippen molar-refractivity contribution in [1.82, 2.24) is 0 Å². The number of hydrogen-bond donors (Lipinski definition) is 12. The largest absolute Gasteiger partial charge is 1.00 e. The van der Waals surface area contributed by atoms with Gasteiger partial charge in [-0.05, 0) is 0 Å². The number of hydrogen-bond acceptors (Lipinski definition) is 12. The van der Waals surface area contributed by atoms with Crippen molar-refractivity contribution in [3.63, 3.8) is 0 Å². The smallest absolute Gasteiger partial charge is 0.394 e. The summed E-state index contributed by atoms with van der Waals surface area (Å²) in [6.45, 7) is 3.86. The van der Waals surface area contributed by atoms with E-state index in [1.54, 1.807) is 0 Å². The van der Waals surface area contributed by atoms with Crippen molar-refractivity contribution in [3.05, 3.63) is 6.92 Å². The maximum atomic E-state index is 8.77. The Kier molecular flexibility index (Phi) is 56.5. The van der Waals surface area contributed by atoms with Gasteiger partial charge < -0.3 is 58.0 Å². The summed E-state index contributed by atoms with van der Waals surface area (Å²) in [6, 6.07) is 0. The molecule has 0 aromatic heterocycles. The van der Waals surface area contributed by atoms with Crippen LogP contribution in [0.5, 0.6) is 0 Å². The van der Waals surface area contributed by atoms with Gasteiger partial charge in [0, 0.05) is 0 Å². The van der Waals surface area contributed by atoms with E-state index in [9.17, 15) is 0 Å². The summed E-state index contributed by atoms with van der Waals surface area (Å²) in [5.74, 6) is 0. The van der Waals surface area contributed by atoms with Crippen molar-refractivity contribution in [1.29, 1.82) is 0 Å². The van der Waals surface area contributed by atoms with E-state index in [2.05, 4.69) is 13.8 Å². The zero-order valence-electron chi connectivity index (χ0n) is 22.9. The first-order valence-corrected chi connectivity index (χ1v) is 13.5. The maximum Gasteiger partial charge on any atom is 1.00 e. The van der Waals surface area contributed by atoms with Crippen LogP contribution in [0.3, 0.4) is 0 Å². The molecule has 0 spiro atoms. The number of aliphatic hydroxyl groups excluding tert-OH is 10. The van der Waals surface area contributed by atoms with Gasteiger partial charge in [0.15, 0.2) is 0 Å². The van der Waals surface area contributed by atoms with Crippen LogP contribution in [0.15, 0.2) is 0 Å². The minimum Gasteiger partial charge on any atom is -0.394 e. The molecule has 0 rings (SSSR count). The molecule has 0 saturated carbocycles. The monoisotopic (exact) mass is 596 g/mol. The number of aliphatic hydroxyl groups is 10. The van der Waals surface area contributed by atoms with Crippen LogP contribution in [0.1, 0.15) is 71.1 Å². The van der Waals surface area contributed by atoms with Crippen molar-refractivity contribution in [3.8, 4) is 0 Å². The fraction of sp³-hybridized carbons (Fsp3) is 0.955. The average molecular weight is 597 g/mol. The molecule has 2 unspecified atom stereocenters. The average Bonchev–Trinajstić information content (AvgIpc) is 2.88. The molecule has 16 heteroatoms. The van der Waals surface area contributed by atoms with Gasteiger partial charge in [-0.3, -0.25) is 9.11 Å². The van der Waals surface area contributed by atoms with E-state index < -0.39 is 48.0 Å². The molecular formula is C22H53NaO14S. The third kappa shape index (κ3) is 65.5. The molecule has 0 aromatic rings. The molecule has 0 aliphatic heterocycles. The second-order valence-corrected chi connectivity index (χ2v) is 8.48. The zero-order chi connectivity index (χ0) is 30.1. The molecule has 0 heterocycles. The summed E-state index contributed by atoms with van der Waals surface area (Å²) >= 11 is 0. The normalized spacial score (nSPS) is 12.5. The Bertz CT molecular complexity index is 455. The molecule has 0 fully saturated rings. The SMILES string of the molecule is O=S(=O)(O)O.OCC(O)C(O)C(O)CO.OCC(O)CO.OCCO.[CH2-]CCCCCCCCCCC.[Na+]. The van der Waals surface area contributed by atoms with E-state index >= 15 is 0 Å². The van der Waals surface area contributed by atoms with Crippen molar-refractivity contribution in [2.75, 3.05) is 39.6 Å². The van der Waals surface area contributed by atoms with Crippen molar-refractivity contribution >= 4 is 10.4 Å². The quantitative estimate of drug-likeness (QED) is 0.0346. The van der Waals surface area contributed by atoms with Gasteiger partial charge in [0.05, 0.1) is 39.6 Å². The summed E-state index contributed by atoms with van der Waals surface area (Å²) in [4.78, 5) is 0. The molecule has 12 N–H and O–H groups in total. The van der Waals surface area contributed by atoms with E-state index in [0.717, 1.165) is 6.42 Å². The van der Waals surface area contributed by atoms with Gasteiger partial charge in [0.1, 0.15) is 24.4 Å². The minimum atomic E-state index is -4.67. The fourth-order valence-electron chi connectivity index (χ4n) is 2.02. The van der Waals surface area contributed by atoms with Crippen LogP contribution in [0.4, 0.5) is 0 Å². The van der Waals surface area contributed by atoms with Gasteiger partial charge in [-0.25, -0.2) is 0 Å². The first kappa shape index (κ1) is 51.2. The van der Waals surface area contributed by atoms with Crippen LogP contribution in [-0.4, -0.2) is 133 Å². The summed E-state index contributed by atoms with van der Waals surface area (Å²) in [6.07, 6.45) is 8.64. The van der Waals surface area contributed by atoms with Crippen molar-refractivity contribution in [2.24, 2.45) is 0 Å². The molecule has 232 valence electrons. The van der Waals surface area contributed by atoms with E-state index in [-0.39, 0.29) is 56.0 Å². The summed E-state index contributed by atoms with van der Waals surface area (Å²) in [7, 11) is -4.67. The molecule has 0 aliphatic rings. The molecular weight excluding hydrogens is 543 g/mol. The molecule has 0 aromatic carbocycles. The van der Waals surface area contributed by atoms with Crippen molar-refractivity contribution < 1.29 is 98.1 Å². The Morgan fingerprint density at radius 3 is 1.08 bits per heavy atom. The molecule has 0 radical (unpaired) electrons. The van der Waals surface area contributed by atoms with Crippen LogP contribution < -0.4 is 29.6 Å². The molecule has 2 atom stereocenters. The van der Waals surface area contributed by atoms with E-state index in [0.29, 0.717) is 0 Å². The Morgan fingerprint density at radius 1 is 0.605 bits per heavy atom. The molecule has 38 heavy (non-hydrogen) atoms. The van der Waals surface area contributed by atoms with Gasteiger partial charge in [0.25, 0.3) is 0 Å². The van der Waals surface area contributed by atoms with Crippen LogP contribution in [0.2, 0.25) is 0 Å². The van der Waals surface area contributed by atoms with E-state index in [1.165, 1.54) is 57.8 Å². The van der Waals surface area contributed by atoms with Gasteiger partial charge >= 0.3 is 40.0 Å². The third-order valence-electron chi connectivity index (χ3n) is 4.04. The van der Waals surface area contributed by atoms with Gasteiger partial charge in [0.2, 0.25) is 0 Å². The van der Waals surface area contributed by atoms with Crippen molar-refractivity contribution in [2.45, 2.75) is 95.5 Å². The zero-order valence-corrected chi connectivity index (χ0v) is 25.7.